The number of aromatic nitrogens is 1. The number of morpholine rings is 1. The third-order valence-corrected chi connectivity index (χ3v) is 5.39. The third-order valence-electron chi connectivity index (χ3n) is 5.39. The van der Waals surface area contributed by atoms with E-state index in [1.807, 2.05) is 26.0 Å². The van der Waals surface area contributed by atoms with Crippen LogP contribution in [-0.4, -0.2) is 81.7 Å². The summed E-state index contributed by atoms with van der Waals surface area (Å²) in [6.45, 7) is 15.5. The van der Waals surface area contributed by atoms with Crippen LogP contribution in [0.4, 0.5) is 11.5 Å². The maximum Gasteiger partial charge on any atom is 0.337 e. The molecule has 37 heavy (non-hydrogen) atoms. The second-order valence-corrected chi connectivity index (χ2v) is 8.14. The molecule has 0 amide bonds. The van der Waals surface area contributed by atoms with E-state index < -0.39 is 0 Å². The molecule has 1 saturated heterocycles. The summed E-state index contributed by atoms with van der Waals surface area (Å²) in [5.41, 5.74) is 8.22. The molecular formula is C28H47N5O4. The quantitative estimate of drug-likeness (QED) is 0.324. The van der Waals surface area contributed by atoms with Crippen molar-refractivity contribution >= 4 is 23.7 Å². The Labute approximate surface area is 223 Å². The predicted molar refractivity (Wildman–Crippen MR) is 153 cm³/mol. The van der Waals surface area contributed by atoms with Gasteiger partial charge in [0, 0.05) is 58.2 Å². The molecule has 208 valence electrons. The first kappa shape index (κ1) is 31.9. The molecule has 1 aromatic carbocycles. The smallest absolute Gasteiger partial charge is 0.337 e. The second kappa shape index (κ2) is 19.0. The van der Waals surface area contributed by atoms with Gasteiger partial charge >= 0.3 is 5.97 Å². The van der Waals surface area contributed by atoms with Gasteiger partial charge in [-0.15, -0.1) is 0 Å². The van der Waals surface area contributed by atoms with Crippen LogP contribution in [0.1, 0.15) is 57.9 Å². The fourth-order valence-corrected chi connectivity index (χ4v) is 3.66. The Morgan fingerprint density at radius 3 is 2.46 bits per heavy atom. The minimum atomic E-state index is -0.376. The SMILES string of the molecule is CC.CCCN(CCC)c1cc(N)nc(OCCN2CCOCC2)c1.COC(=O)c1cccc(C=N)c1.[HH]. The first-order chi connectivity index (χ1) is 18.0. The Morgan fingerprint density at radius 1 is 1.19 bits per heavy atom. The topological polar surface area (TPSA) is 114 Å². The number of pyridine rings is 1. The number of rotatable bonds is 11. The molecule has 3 rings (SSSR count). The Bertz CT molecular complexity index is 920. The van der Waals surface area contributed by atoms with E-state index in [4.69, 9.17) is 20.6 Å². The molecule has 2 aromatic rings. The molecule has 9 heteroatoms. The van der Waals surface area contributed by atoms with Crippen LogP contribution in [0.15, 0.2) is 36.4 Å². The number of hydrogen-bond donors (Lipinski definition) is 2. The van der Waals surface area contributed by atoms with Gasteiger partial charge in [0.25, 0.3) is 0 Å². The van der Waals surface area contributed by atoms with Gasteiger partial charge < -0.3 is 30.3 Å². The number of nitrogen functional groups attached to an aromatic ring is 1. The lowest BCUT2D eigenvalue weighted by Crippen LogP contribution is -2.38. The van der Waals surface area contributed by atoms with Crippen molar-refractivity contribution in [3.05, 3.63) is 47.5 Å². The molecular weight excluding hydrogens is 470 g/mol. The van der Waals surface area contributed by atoms with Gasteiger partial charge in [0.1, 0.15) is 12.4 Å². The molecule has 0 radical (unpaired) electrons. The fourth-order valence-electron chi connectivity index (χ4n) is 3.66. The van der Waals surface area contributed by atoms with Gasteiger partial charge in [-0.2, -0.15) is 4.98 Å². The molecule has 0 saturated carbocycles. The Morgan fingerprint density at radius 2 is 1.86 bits per heavy atom. The monoisotopic (exact) mass is 517 g/mol. The minimum absolute atomic E-state index is 0. The largest absolute Gasteiger partial charge is 0.476 e. The number of nitrogens with two attached hydrogens (primary N) is 1. The predicted octanol–water partition coefficient (Wildman–Crippen LogP) is 4.74. The average molecular weight is 518 g/mol. The number of carbonyl (C=O) groups excluding carboxylic acids is 1. The number of nitrogens with zero attached hydrogens (tertiary/aromatic N) is 3. The minimum Gasteiger partial charge on any atom is -0.476 e. The standard InChI is InChI=1S/C17H30N4O2.C9H9NO2.C2H6.H2/c1-3-5-21(6-4-2)15-13-16(18)19-17(14-15)23-12-9-20-7-10-22-11-8-20;1-12-9(11)8-4-2-3-7(5-8)6-10;1-2;/h13-14H,3-12H2,1-2H3,(H2,18,19);2-6,10H,1H3;1-2H3;1H. The second-order valence-electron chi connectivity index (χ2n) is 8.14. The number of ether oxygens (including phenoxy) is 3. The number of benzene rings is 1. The zero-order valence-corrected chi connectivity index (χ0v) is 23.2. The van der Waals surface area contributed by atoms with Gasteiger partial charge in [0.2, 0.25) is 5.88 Å². The van der Waals surface area contributed by atoms with Crippen LogP contribution in [0.3, 0.4) is 0 Å². The number of nitrogens with one attached hydrogen (secondary N) is 1. The van der Waals surface area contributed by atoms with E-state index in [-0.39, 0.29) is 7.40 Å². The lowest BCUT2D eigenvalue weighted by Gasteiger charge is -2.26. The molecule has 9 nitrogen and oxygen atoms in total. The van der Waals surface area contributed by atoms with Crippen LogP contribution in [0.25, 0.3) is 0 Å². The summed E-state index contributed by atoms with van der Waals surface area (Å²) in [7, 11) is 1.33. The molecule has 0 aliphatic carbocycles. The highest BCUT2D eigenvalue weighted by molar-refractivity contribution is 5.91. The molecule has 1 fully saturated rings. The Kier molecular flexibility index (Phi) is 16.4. The lowest BCUT2D eigenvalue weighted by molar-refractivity contribution is 0.0320. The summed E-state index contributed by atoms with van der Waals surface area (Å²) < 4.78 is 15.7. The van der Waals surface area contributed by atoms with Crippen LogP contribution >= 0.6 is 0 Å². The number of esters is 1. The van der Waals surface area contributed by atoms with Gasteiger partial charge in [-0.05, 0) is 30.5 Å². The van der Waals surface area contributed by atoms with Crippen LogP contribution in [0.5, 0.6) is 5.88 Å². The van der Waals surface area contributed by atoms with Crippen LogP contribution in [-0.2, 0) is 9.47 Å². The van der Waals surface area contributed by atoms with Gasteiger partial charge in [-0.25, -0.2) is 4.79 Å². The van der Waals surface area contributed by atoms with Gasteiger partial charge in [0.15, 0.2) is 0 Å². The van der Waals surface area contributed by atoms with E-state index >= 15 is 0 Å². The molecule has 1 aromatic heterocycles. The zero-order chi connectivity index (χ0) is 27.5. The maximum atomic E-state index is 11.0. The fraction of sp³-hybridized carbons (Fsp3) is 0.536. The summed E-state index contributed by atoms with van der Waals surface area (Å²) in [5.74, 6) is 0.755. The van der Waals surface area contributed by atoms with Crippen molar-refractivity contribution in [1.82, 2.24) is 9.88 Å². The van der Waals surface area contributed by atoms with Crippen LogP contribution in [0, 0.1) is 5.41 Å². The summed E-state index contributed by atoms with van der Waals surface area (Å²) in [5, 5.41) is 6.96. The van der Waals surface area contributed by atoms with E-state index in [0.717, 1.165) is 64.5 Å². The molecule has 0 bridgehead atoms. The Hall–Kier alpha value is -3.17. The summed E-state index contributed by atoms with van der Waals surface area (Å²) in [6.07, 6.45) is 3.40. The van der Waals surface area contributed by atoms with E-state index in [9.17, 15) is 4.79 Å². The van der Waals surface area contributed by atoms with Crippen molar-refractivity contribution in [2.24, 2.45) is 0 Å². The number of anilines is 2. The molecule has 2 heterocycles. The van der Waals surface area contributed by atoms with E-state index in [1.165, 1.54) is 13.3 Å². The molecule has 0 unspecified atom stereocenters. The number of methoxy groups -OCH3 is 1. The maximum absolute atomic E-state index is 11.0. The zero-order valence-electron chi connectivity index (χ0n) is 23.2. The number of carbonyl (C=O) groups is 1. The summed E-state index contributed by atoms with van der Waals surface area (Å²) >= 11 is 0. The third kappa shape index (κ3) is 12.1. The normalized spacial score (nSPS) is 12.8. The van der Waals surface area contributed by atoms with Crippen molar-refractivity contribution in [1.29, 1.82) is 5.41 Å². The first-order valence-corrected chi connectivity index (χ1v) is 13.1. The van der Waals surface area contributed by atoms with Gasteiger partial charge in [-0.1, -0.05) is 39.8 Å². The first-order valence-electron chi connectivity index (χ1n) is 13.1. The molecule has 0 atom stereocenters. The molecule has 0 spiro atoms. The van der Waals surface area contributed by atoms with Crippen molar-refractivity contribution in [2.45, 2.75) is 40.5 Å². The van der Waals surface area contributed by atoms with Crippen molar-refractivity contribution in [3.8, 4) is 5.88 Å². The van der Waals surface area contributed by atoms with Crippen molar-refractivity contribution < 1.29 is 20.4 Å². The average Bonchev–Trinajstić information content (AvgIpc) is 2.94. The van der Waals surface area contributed by atoms with Crippen molar-refractivity contribution in [2.75, 3.05) is 70.3 Å². The molecule has 3 N–H and O–H groups in total. The highest BCUT2D eigenvalue weighted by Crippen LogP contribution is 2.23. The highest BCUT2D eigenvalue weighted by atomic mass is 16.5. The number of hydrogen-bond acceptors (Lipinski definition) is 9. The highest BCUT2D eigenvalue weighted by Gasteiger charge is 2.12. The van der Waals surface area contributed by atoms with E-state index in [1.54, 1.807) is 24.3 Å². The van der Waals surface area contributed by atoms with Gasteiger partial charge in [-0.3, -0.25) is 4.90 Å². The lowest BCUT2D eigenvalue weighted by atomic mass is 10.1. The molecule has 1 aliphatic rings. The summed E-state index contributed by atoms with van der Waals surface area (Å²) in [6, 6.07) is 10.7. The molecule has 1 aliphatic heterocycles. The summed E-state index contributed by atoms with van der Waals surface area (Å²) in [4.78, 5) is 20.0. The van der Waals surface area contributed by atoms with E-state index in [2.05, 4.69) is 33.4 Å². The van der Waals surface area contributed by atoms with Crippen molar-refractivity contribution in [3.63, 3.8) is 0 Å². The van der Waals surface area contributed by atoms with Crippen LogP contribution in [0.2, 0.25) is 0 Å². The van der Waals surface area contributed by atoms with Crippen LogP contribution < -0.4 is 15.4 Å². The van der Waals surface area contributed by atoms with E-state index in [0.29, 0.717) is 29.4 Å². The van der Waals surface area contributed by atoms with Gasteiger partial charge in [0.05, 0.1) is 25.9 Å². The Balaban J connectivity index is 0.000000773.